The molecular formula is C24H37N3O2. The van der Waals surface area contributed by atoms with Crippen LogP contribution in [-0.2, 0) is 9.59 Å². The van der Waals surface area contributed by atoms with Gasteiger partial charge in [-0.15, -0.1) is 0 Å². The van der Waals surface area contributed by atoms with Gasteiger partial charge in [-0.05, 0) is 43.2 Å². The molecule has 1 aromatic carbocycles. The van der Waals surface area contributed by atoms with E-state index >= 15 is 0 Å². The van der Waals surface area contributed by atoms with Gasteiger partial charge in [-0.25, -0.2) is 0 Å². The maximum Gasteiger partial charge on any atom is 0.242 e. The second kappa shape index (κ2) is 9.29. The van der Waals surface area contributed by atoms with Crippen molar-refractivity contribution in [2.45, 2.75) is 65.8 Å². The average Bonchev–Trinajstić information content (AvgIpc) is 3.17. The van der Waals surface area contributed by atoms with Crippen LogP contribution in [0.1, 0.15) is 58.4 Å². The Kier molecular flexibility index (Phi) is 6.99. The molecular weight excluding hydrogens is 362 g/mol. The van der Waals surface area contributed by atoms with E-state index in [4.69, 9.17) is 0 Å². The monoisotopic (exact) mass is 399 g/mol. The van der Waals surface area contributed by atoms with Crippen molar-refractivity contribution in [3.63, 3.8) is 0 Å². The first-order valence-corrected chi connectivity index (χ1v) is 11.1. The van der Waals surface area contributed by atoms with Gasteiger partial charge in [0, 0.05) is 38.3 Å². The SMILES string of the molecule is Cc1ccc(NC(=O)C(C2CCCC2)N2CCN(C(=O)CC(C)(C)C)CC2)cc1. The van der Waals surface area contributed by atoms with Crippen molar-refractivity contribution in [3.05, 3.63) is 29.8 Å². The number of hydrogen-bond donors (Lipinski definition) is 1. The van der Waals surface area contributed by atoms with E-state index in [-0.39, 0.29) is 23.3 Å². The third-order valence-electron chi connectivity index (χ3n) is 6.18. The van der Waals surface area contributed by atoms with Gasteiger partial charge in [-0.1, -0.05) is 51.3 Å². The van der Waals surface area contributed by atoms with Crippen LogP contribution in [0.4, 0.5) is 5.69 Å². The topological polar surface area (TPSA) is 52.7 Å². The number of piperazine rings is 1. The molecule has 29 heavy (non-hydrogen) atoms. The highest BCUT2D eigenvalue weighted by Crippen LogP contribution is 2.32. The molecule has 1 aliphatic heterocycles. The van der Waals surface area contributed by atoms with Crippen LogP contribution in [0.2, 0.25) is 0 Å². The van der Waals surface area contributed by atoms with E-state index in [0.717, 1.165) is 44.7 Å². The summed E-state index contributed by atoms with van der Waals surface area (Å²) in [7, 11) is 0. The van der Waals surface area contributed by atoms with Crippen molar-refractivity contribution in [1.29, 1.82) is 0 Å². The smallest absolute Gasteiger partial charge is 0.242 e. The van der Waals surface area contributed by atoms with Crippen LogP contribution in [0.15, 0.2) is 24.3 Å². The summed E-state index contributed by atoms with van der Waals surface area (Å²) in [6, 6.07) is 7.91. The molecule has 160 valence electrons. The molecule has 2 fully saturated rings. The minimum atomic E-state index is -0.0985. The third-order valence-corrected chi connectivity index (χ3v) is 6.18. The lowest BCUT2D eigenvalue weighted by Crippen LogP contribution is -2.57. The van der Waals surface area contributed by atoms with Crippen molar-refractivity contribution in [2.24, 2.45) is 11.3 Å². The summed E-state index contributed by atoms with van der Waals surface area (Å²) >= 11 is 0. The number of hydrogen-bond acceptors (Lipinski definition) is 3. The highest BCUT2D eigenvalue weighted by atomic mass is 16.2. The van der Waals surface area contributed by atoms with Crippen molar-refractivity contribution in [3.8, 4) is 0 Å². The zero-order valence-electron chi connectivity index (χ0n) is 18.5. The Morgan fingerprint density at radius 3 is 2.17 bits per heavy atom. The normalized spacial score (nSPS) is 19.9. The van der Waals surface area contributed by atoms with Crippen LogP contribution < -0.4 is 5.32 Å². The largest absolute Gasteiger partial charge is 0.340 e. The second-order valence-corrected chi connectivity index (χ2v) is 10.00. The Hall–Kier alpha value is -1.88. The third kappa shape index (κ3) is 6.05. The Morgan fingerprint density at radius 1 is 1.03 bits per heavy atom. The molecule has 2 amide bonds. The summed E-state index contributed by atoms with van der Waals surface area (Å²) in [5.41, 5.74) is 2.06. The first-order valence-electron chi connectivity index (χ1n) is 11.1. The number of nitrogens with zero attached hydrogens (tertiary/aromatic N) is 2. The predicted molar refractivity (Wildman–Crippen MR) is 118 cm³/mol. The molecule has 1 unspecified atom stereocenters. The molecule has 0 spiro atoms. The molecule has 1 saturated heterocycles. The van der Waals surface area contributed by atoms with E-state index in [1.54, 1.807) is 0 Å². The number of nitrogens with one attached hydrogen (secondary N) is 1. The lowest BCUT2D eigenvalue weighted by molar-refractivity contribution is -0.136. The lowest BCUT2D eigenvalue weighted by Gasteiger charge is -2.41. The van der Waals surface area contributed by atoms with Crippen LogP contribution >= 0.6 is 0 Å². The number of benzene rings is 1. The number of anilines is 1. The van der Waals surface area contributed by atoms with Crippen LogP contribution in [0.3, 0.4) is 0 Å². The van der Waals surface area contributed by atoms with Gasteiger partial charge >= 0.3 is 0 Å². The molecule has 2 aliphatic rings. The van der Waals surface area contributed by atoms with Crippen LogP contribution in [0, 0.1) is 18.3 Å². The van der Waals surface area contributed by atoms with Gasteiger partial charge in [0.1, 0.15) is 0 Å². The minimum Gasteiger partial charge on any atom is -0.340 e. The quantitative estimate of drug-likeness (QED) is 0.812. The molecule has 0 radical (unpaired) electrons. The Bertz CT molecular complexity index is 694. The van der Waals surface area contributed by atoms with Gasteiger partial charge < -0.3 is 10.2 Å². The van der Waals surface area contributed by atoms with Gasteiger partial charge in [-0.2, -0.15) is 0 Å². The van der Waals surface area contributed by atoms with E-state index in [1.807, 2.05) is 36.1 Å². The fourth-order valence-electron chi connectivity index (χ4n) is 4.62. The van der Waals surface area contributed by atoms with Gasteiger partial charge in [0.2, 0.25) is 11.8 Å². The molecule has 1 N–H and O–H groups in total. The fraction of sp³-hybridized carbons (Fsp3) is 0.667. The first-order chi connectivity index (χ1) is 13.7. The molecule has 1 saturated carbocycles. The Labute approximate surface area is 175 Å². The standard InChI is InChI=1S/C24H37N3O2/c1-18-9-11-20(12-10-18)25-23(29)22(19-7-5-6-8-19)27-15-13-26(14-16-27)21(28)17-24(2,3)4/h9-12,19,22H,5-8,13-17H2,1-4H3,(H,25,29). The molecule has 5 heteroatoms. The van der Waals surface area contributed by atoms with Crippen LogP contribution in [-0.4, -0.2) is 53.8 Å². The average molecular weight is 400 g/mol. The summed E-state index contributed by atoms with van der Waals surface area (Å²) < 4.78 is 0. The predicted octanol–water partition coefficient (Wildman–Crippen LogP) is 4.07. The number of aryl methyl sites for hydroxylation is 1. The van der Waals surface area contributed by atoms with Crippen LogP contribution in [0.25, 0.3) is 0 Å². The summed E-state index contributed by atoms with van der Waals surface area (Å²) in [5, 5.41) is 3.15. The van der Waals surface area contributed by atoms with Crippen molar-refractivity contribution in [2.75, 3.05) is 31.5 Å². The highest BCUT2D eigenvalue weighted by molar-refractivity contribution is 5.95. The zero-order valence-corrected chi connectivity index (χ0v) is 18.5. The fourth-order valence-corrected chi connectivity index (χ4v) is 4.62. The summed E-state index contributed by atoms with van der Waals surface area (Å²) in [6.45, 7) is 11.3. The van der Waals surface area contributed by atoms with Crippen LogP contribution in [0.5, 0.6) is 0 Å². The number of amides is 2. The molecule has 1 heterocycles. The van der Waals surface area contributed by atoms with Crippen molar-refractivity contribution < 1.29 is 9.59 Å². The lowest BCUT2D eigenvalue weighted by atomic mass is 9.91. The number of carbonyl (C=O) groups excluding carboxylic acids is 2. The van der Waals surface area contributed by atoms with Gasteiger partial charge in [0.15, 0.2) is 0 Å². The van der Waals surface area contributed by atoms with Gasteiger partial charge in [0.25, 0.3) is 0 Å². The first kappa shape index (κ1) is 21.8. The molecule has 0 aromatic heterocycles. The van der Waals surface area contributed by atoms with Crippen molar-refractivity contribution >= 4 is 17.5 Å². The van der Waals surface area contributed by atoms with E-state index in [2.05, 4.69) is 31.0 Å². The Morgan fingerprint density at radius 2 is 1.62 bits per heavy atom. The minimum absolute atomic E-state index is 0.00846. The van der Waals surface area contributed by atoms with E-state index in [9.17, 15) is 9.59 Å². The maximum absolute atomic E-state index is 13.3. The van der Waals surface area contributed by atoms with Gasteiger partial charge in [0.05, 0.1) is 6.04 Å². The van der Waals surface area contributed by atoms with E-state index in [0.29, 0.717) is 12.3 Å². The van der Waals surface area contributed by atoms with Crippen molar-refractivity contribution in [1.82, 2.24) is 9.80 Å². The zero-order chi connectivity index (χ0) is 21.0. The van der Waals surface area contributed by atoms with E-state index in [1.165, 1.54) is 18.4 Å². The molecule has 5 nitrogen and oxygen atoms in total. The molecule has 1 aromatic rings. The maximum atomic E-state index is 13.3. The summed E-state index contributed by atoms with van der Waals surface area (Å²) in [6.07, 6.45) is 5.24. The number of rotatable bonds is 5. The molecule has 1 atom stereocenters. The van der Waals surface area contributed by atoms with E-state index < -0.39 is 0 Å². The number of carbonyl (C=O) groups is 2. The highest BCUT2D eigenvalue weighted by Gasteiger charge is 2.37. The molecule has 1 aliphatic carbocycles. The Balaban J connectivity index is 1.64. The molecule has 3 rings (SSSR count). The second-order valence-electron chi connectivity index (χ2n) is 10.00. The molecule has 0 bridgehead atoms. The summed E-state index contributed by atoms with van der Waals surface area (Å²) in [4.78, 5) is 30.1. The van der Waals surface area contributed by atoms with Gasteiger partial charge in [-0.3, -0.25) is 14.5 Å². The summed E-state index contributed by atoms with van der Waals surface area (Å²) in [5.74, 6) is 0.756.